The SMILES string of the molecule is CC.Cc1cc(F)c(F)c(C(C)C)c1C. The lowest BCUT2D eigenvalue weighted by Crippen LogP contribution is -2.02. The molecule has 0 nitrogen and oxygen atoms in total. The molecule has 0 aliphatic rings. The molecule has 0 fully saturated rings. The Balaban J connectivity index is 0.000000921. The summed E-state index contributed by atoms with van der Waals surface area (Å²) in [5.41, 5.74) is 2.16. The monoisotopic (exact) mass is 214 g/mol. The lowest BCUT2D eigenvalue weighted by atomic mass is 9.94. The normalized spacial score (nSPS) is 9.93. The largest absolute Gasteiger partial charge is 0.204 e. The molecule has 1 aromatic carbocycles. The first-order valence-electron chi connectivity index (χ1n) is 5.40. The van der Waals surface area contributed by atoms with Gasteiger partial charge in [-0.25, -0.2) is 8.78 Å². The maximum atomic E-state index is 13.3. The summed E-state index contributed by atoms with van der Waals surface area (Å²) in [7, 11) is 0. The average molecular weight is 214 g/mol. The Morgan fingerprint density at radius 1 is 1.07 bits per heavy atom. The van der Waals surface area contributed by atoms with Gasteiger partial charge in [-0.3, -0.25) is 0 Å². The first kappa shape index (κ1) is 14.1. The third-order valence-corrected chi connectivity index (χ3v) is 2.36. The van der Waals surface area contributed by atoms with Gasteiger partial charge in [-0.15, -0.1) is 0 Å². The van der Waals surface area contributed by atoms with E-state index < -0.39 is 11.6 Å². The Bertz CT molecular complexity index is 302. The zero-order chi connectivity index (χ0) is 12.2. The summed E-state index contributed by atoms with van der Waals surface area (Å²) < 4.78 is 26.3. The van der Waals surface area contributed by atoms with Crippen molar-refractivity contribution in [1.82, 2.24) is 0 Å². The number of benzene rings is 1. The van der Waals surface area contributed by atoms with Gasteiger partial charge in [0.2, 0.25) is 0 Å². The zero-order valence-electron chi connectivity index (χ0n) is 10.4. The van der Waals surface area contributed by atoms with E-state index in [2.05, 4.69) is 0 Å². The van der Waals surface area contributed by atoms with Gasteiger partial charge in [0, 0.05) is 0 Å². The molecule has 0 unspecified atom stereocenters. The van der Waals surface area contributed by atoms with Gasteiger partial charge in [-0.1, -0.05) is 27.7 Å². The third-order valence-electron chi connectivity index (χ3n) is 2.36. The highest BCUT2D eigenvalue weighted by Crippen LogP contribution is 2.26. The molecule has 0 aliphatic heterocycles. The van der Waals surface area contributed by atoms with Crippen molar-refractivity contribution in [3.63, 3.8) is 0 Å². The highest BCUT2D eigenvalue weighted by molar-refractivity contribution is 5.37. The fraction of sp³-hybridized carbons (Fsp3) is 0.538. The second-order valence-electron chi connectivity index (χ2n) is 3.68. The third kappa shape index (κ3) is 3.01. The van der Waals surface area contributed by atoms with E-state index >= 15 is 0 Å². The zero-order valence-corrected chi connectivity index (χ0v) is 10.4. The van der Waals surface area contributed by atoms with Gasteiger partial charge in [-0.05, 0) is 42.5 Å². The molecule has 0 N–H and O–H groups in total. The second kappa shape index (κ2) is 5.84. The van der Waals surface area contributed by atoms with E-state index in [-0.39, 0.29) is 5.92 Å². The van der Waals surface area contributed by atoms with Crippen LogP contribution in [-0.4, -0.2) is 0 Å². The summed E-state index contributed by atoms with van der Waals surface area (Å²) in [6.07, 6.45) is 0. The average Bonchev–Trinajstić information content (AvgIpc) is 2.18. The van der Waals surface area contributed by atoms with Crippen molar-refractivity contribution >= 4 is 0 Å². The molecular formula is C13H20F2. The van der Waals surface area contributed by atoms with E-state index in [9.17, 15) is 8.78 Å². The first-order valence-corrected chi connectivity index (χ1v) is 5.40. The minimum Gasteiger partial charge on any atom is -0.204 e. The van der Waals surface area contributed by atoms with Gasteiger partial charge in [0.25, 0.3) is 0 Å². The quantitative estimate of drug-likeness (QED) is 0.634. The topological polar surface area (TPSA) is 0 Å². The van der Waals surface area contributed by atoms with Gasteiger partial charge >= 0.3 is 0 Å². The van der Waals surface area contributed by atoms with Gasteiger partial charge in [0.1, 0.15) is 0 Å². The molecule has 15 heavy (non-hydrogen) atoms. The van der Waals surface area contributed by atoms with Crippen LogP contribution in [0.1, 0.15) is 50.3 Å². The van der Waals surface area contributed by atoms with Gasteiger partial charge in [0.05, 0.1) is 0 Å². The van der Waals surface area contributed by atoms with Gasteiger partial charge < -0.3 is 0 Å². The minimum atomic E-state index is -0.744. The Labute approximate surface area is 91.3 Å². The lowest BCUT2D eigenvalue weighted by molar-refractivity contribution is 0.491. The number of rotatable bonds is 1. The molecule has 0 saturated carbocycles. The standard InChI is InChI=1S/C11H14F2.C2H6/c1-6(2)10-8(4)7(3)5-9(12)11(10)13;1-2/h5-6H,1-4H3;1-2H3. The fourth-order valence-corrected chi connectivity index (χ4v) is 1.55. The Morgan fingerprint density at radius 3 is 1.93 bits per heavy atom. The van der Waals surface area contributed by atoms with Crippen molar-refractivity contribution in [1.29, 1.82) is 0 Å². The smallest absolute Gasteiger partial charge is 0.162 e. The van der Waals surface area contributed by atoms with Gasteiger partial charge in [0.15, 0.2) is 11.6 Å². The molecule has 1 rings (SSSR count). The molecule has 0 amide bonds. The summed E-state index contributed by atoms with van der Waals surface area (Å²) in [4.78, 5) is 0. The van der Waals surface area contributed by atoms with Crippen LogP contribution in [0.15, 0.2) is 6.07 Å². The number of hydrogen-bond acceptors (Lipinski definition) is 0. The Hall–Kier alpha value is -0.920. The maximum absolute atomic E-state index is 13.3. The molecule has 0 aromatic heterocycles. The summed E-state index contributed by atoms with van der Waals surface area (Å²) >= 11 is 0. The predicted octanol–water partition coefficient (Wildman–Crippen LogP) is 4.73. The molecule has 1 aromatic rings. The molecule has 0 radical (unpaired) electrons. The minimum absolute atomic E-state index is 0.0226. The van der Waals surface area contributed by atoms with Crippen LogP contribution in [0, 0.1) is 25.5 Å². The van der Waals surface area contributed by atoms with Crippen molar-refractivity contribution in [2.24, 2.45) is 0 Å². The van der Waals surface area contributed by atoms with Crippen molar-refractivity contribution in [2.75, 3.05) is 0 Å². The second-order valence-corrected chi connectivity index (χ2v) is 3.68. The number of aryl methyl sites for hydroxylation is 1. The van der Waals surface area contributed by atoms with Crippen molar-refractivity contribution in [3.05, 3.63) is 34.4 Å². The molecule has 0 aliphatic carbocycles. The van der Waals surface area contributed by atoms with E-state index in [1.54, 1.807) is 6.92 Å². The van der Waals surface area contributed by atoms with Gasteiger partial charge in [-0.2, -0.15) is 0 Å². The predicted molar refractivity (Wildman–Crippen MR) is 61.3 cm³/mol. The van der Waals surface area contributed by atoms with Crippen LogP contribution in [0.3, 0.4) is 0 Å². The van der Waals surface area contributed by atoms with E-state index in [4.69, 9.17) is 0 Å². The summed E-state index contributed by atoms with van der Waals surface area (Å²) in [6, 6.07) is 1.25. The highest BCUT2D eigenvalue weighted by Gasteiger charge is 2.15. The van der Waals surface area contributed by atoms with Crippen LogP contribution < -0.4 is 0 Å². The maximum Gasteiger partial charge on any atom is 0.162 e. The molecule has 0 atom stereocenters. The van der Waals surface area contributed by atoms with E-state index in [0.717, 1.165) is 11.1 Å². The van der Waals surface area contributed by atoms with Crippen LogP contribution >= 0.6 is 0 Å². The molecular weight excluding hydrogens is 194 g/mol. The molecule has 0 saturated heterocycles. The van der Waals surface area contributed by atoms with E-state index in [0.29, 0.717) is 5.56 Å². The van der Waals surface area contributed by atoms with Crippen molar-refractivity contribution < 1.29 is 8.78 Å². The highest BCUT2D eigenvalue weighted by atomic mass is 19.2. The molecule has 86 valence electrons. The van der Waals surface area contributed by atoms with Crippen LogP contribution in [0.25, 0.3) is 0 Å². The Kier molecular flexibility index (Phi) is 5.48. The summed E-state index contributed by atoms with van der Waals surface area (Å²) in [5.74, 6) is -1.42. The van der Waals surface area contributed by atoms with Crippen LogP contribution in [0.4, 0.5) is 8.78 Å². The molecule has 0 heterocycles. The summed E-state index contributed by atoms with van der Waals surface area (Å²) in [5, 5.41) is 0. The fourth-order valence-electron chi connectivity index (χ4n) is 1.55. The molecule has 0 bridgehead atoms. The van der Waals surface area contributed by atoms with Crippen LogP contribution in [0.5, 0.6) is 0 Å². The van der Waals surface area contributed by atoms with Crippen molar-refractivity contribution in [2.45, 2.75) is 47.5 Å². The lowest BCUT2D eigenvalue weighted by Gasteiger charge is -2.13. The van der Waals surface area contributed by atoms with E-state index in [1.807, 2.05) is 34.6 Å². The molecule has 0 spiro atoms. The molecule has 2 heteroatoms. The van der Waals surface area contributed by atoms with Crippen molar-refractivity contribution in [3.8, 4) is 0 Å². The van der Waals surface area contributed by atoms with Crippen LogP contribution in [-0.2, 0) is 0 Å². The van der Waals surface area contributed by atoms with Crippen LogP contribution in [0.2, 0.25) is 0 Å². The van der Waals surface area contributed by atoms with E-state index in [1.165, 1.54) is 6.07 Å². The number of hydrogen-bond donors (Lipinski definition) is 0. The first-order chi connectivity index (χ1) is 6.95. The number of halogens is 2. The Morgan fingerprint density at radius 2 is 1.53 bits per heavy atom. The summed E-state index contributed by atoms with van der Waals surface area (Å²) in [6.45, 7) is 11.4.